The fourth-order valence-corrected chi connectivity index (χ4v) is 3.09. The van der Waals surface area contributed by atoms with E-state index in [1.807, 2.05) is 18.2 Å². The van der Waals surface area contributed by atoms with E-state index >= 15 is 0 Å². The molecule has 3 rings (SSSR count). The van der Waals surface area contributed by atoms with Gasteiger partial charge in [0.1, 0.15) is 6.54 Å². The van der Waals surface area contributed by atoms with Crippen LogP contribution in [-0.4, -0.2) is 37.5 Å². The quantitative estimate of drug-likeness (QED) is 0.866. The lowest BCUT2D eigenvalue weighted by molar-refractivity contribution is -0.128. The largest absolute Gasteiger partial charge is 0.345 e. The van der Waals surface area contributed by atoms with E-state index in [0.29, 0.717) is 6.04 Å². The zero-order valence-corrected chi connectivity index (χ0v) is 12.1. The molecular weight excluding hydrogens is 266 g/mol. The Morgan fingerprint density at radius 3 is 2.86 bits per heavy atom. The van der Waals surface area contributed by atoms with Crippen LogP contribution >= 0.6 is 0 Å². The van der Waals surface area contributed by atoms with E-state index in [1.54, 1.807) is 4.90 Å². The molecular formula is C16H21N3O2. The molecule has 1 aromatic carbocycles. The molecule has 0 radical (unpaired) electrons. The van der Waals surface area contributed by atoms with Crippen LogP contribution in [-0.2, 0) is 16.0 Å². The van der Waals surface area contributed by atoms with Crippen molar-refractivity contribution in [3.63, 3.8) is 0 Å². The van der Waals surface area contributed by atoms with Gasteiger partial charge in [0.25, 0.3) is 0 Å². The Balaban J connectivity index is 1.81. The first-order valence-corrected chi connectivity index (χ1v) is 7.62. The second-order valence-electron chi connectivity index (χ2n) is 5.74. The third kappa shape index (κ3) is 3.24. The third-order valence-electron chi connectivity index (χ3n) is 4.20. The molecule has 2 aliphatic rings. The predicted molar refractivity (Wildman–Crippen MR) is 81.2 cm³/mol. The minimum absolute atomic E-state index is 0.0429. The molecule has 5 nitrogen and oxygen atoms in total. The number of amides is 2. The van der Waals surface area contributed by atoms with Crippen molar-refractivity contribution in [1.29, 1.82) is 0 Å². The van der Waals surface area contributed by atoms with Crippen molar-refractivity contribution in [3.05, 3.63) is 29.8 Å². The first-order chi connectivity index (χ1) is 10.2. The maximum atomic E-state index is 12.1. The summed E-state index contributed by atoms with van der Waals surface area (Å²) >= 11 is 0. The summed E-state index contributed by atoms with van der Waals surface area (Å²) in [6.45, 7) is 1.28. The zero-order chi connectivity index (χ0) is 14.7. The van der Waals surface area contributed by atoms with Crippen LogP contribution in [0, 0.1) is 0 Å². The highest BCUT2D eigenvalue weighted by atomic mass is 16.2. The Hall–Kier alpha value is -1.88. The fourth-order valence-electron chi connectivity index (χ4n) is 3.09. The lowest BCUT2D eigenvalue weighted by Crippen LogP contribution is -2.52. The maximum absolute atomic E-state index is 12.1. The predicted octanol–water partition coefficient (Wildman–Crippen LogP) is 0.834. The van der Waals surface area contributed by atoms with Gasteiger partial charge in [-0.2, -0.15) is 0 Å². The smallest absolute Gasteiger partial charge is 0.246 e. The molecule has 0 bridgehead atoms. The lowest BCUT2D eigenvalue weighted by Gasteiger charge is -2.30. The van der Waals surface area contributed by atoms with E-state index in [-0.39, 0.29) is 24.9 Å². The monoisotopic (exact) mass is 287 g/mol. The van der Waals surface area contributed by atoms with Crippen LogP contribution in [0.5, 0.6) is 0 Å². The summed E-state index contributed by atoms with van der Waals surface area (Å²) < 4.78 is 0. The molecule has 2 saturated heterocycles. The van der Waals surface area contributed by atoms with E-state index in [1.165, 1.54) is 19.3 Å². The van der Waals surface area contributed by atoms with Crippen LogP contribution < -0.4 is 15.5 Å². The number of nitrogens with zero attached hydrogens (tertiary/aromatic N) is 1. The van der Waals surface area contributed by atoms with Crippen molar-refractivity contribution in [2.75, 3.05) is 24.5 Å². The number of anilines is 1. The average molecular weight is 287 g/mol. The fraction of sp³-hybridized carbons (Fsp3) is 0.500. The number of benzene rings is 1. The average Bonchev–Trinajstić information content (AvgIpc) is 2.51. The summed E-state index contributed by atoms with van der Waals surface area (Å²) in [5, 5.41) is 6.12. The highest BCUT2D eigenvalue weighted by molar-refractivity contribution is 6.04. The van der Waals surface area contributed by atoms with Gasteiger partial charge >= 0.3 is 0 Å². The topological polar surface area (TPSA) is 61.4 Å². The molecule has 0 aromatic heterocycles. The zero-order valence-electron chi connectivity index (χ0n) is 12.1. The Morgan fingerprint density at radius 1 is 1.19 bits per heavy atom. The van der Waals surface area contributed by atoms with E-state index in [2.05, 4.69) is 16.7 Å². The highest BCUT2D eigenvalue weighted by Crippen LogP contribution is 2.24. The molecule has 2 N–H and O–H groups in total. The molecule has 1 aromatic rings. The number of piperazine rings is 1. The standard InChI is InChI=1S/C16H21N3O2/c20-15-11-19(16(21)10-18-15)14-7-2-1-5-12(14)9-13-6-3-4-8-17-13/h1-2,5,7,13,17H,3-4,6,8-11H2,(H,18,20). The molecule has 0 aliphatic carbocycles. The molecule has 21 heavy (non-hydrogen) atoms. The van der Waals surface area contributed by atoms with Gasteiger partial charge in [-0.15, -0.1) is 0 Å². The van der Waals surface area contributed by atoms with Gasteiger partial charge in [-0.25, -0.2) is 0 Å². The third-order valence-corrected chi connectivity index (χ3v) is 4.20. The van der Waals surface area contributed by atoms with Gasteiger partial charge in [0.2, 0.25) is 11.8 Å². The first-order valence-electron chi connectivity index (χ1n) is 7.62. The van der Waals surface area contributed by atoms with Gasteiger partial charge in [-0.05, 0) is 37.4 Å². The van der Waals surface area contributed by atoms with E-state index in [9.17, 15) is 9.59 Å². The second-order valence-corrected chi connectivity index (χ2v) is 5.74. The van der Waals surface area contributed by atoms with Gasteiger partial charge in [0, 0.05) is 11.7 Å². The van der Waals surface area contributed by atoms with E-state index in [0.717, 1.165) is 24.2 Å². The van der Waals surface area contributed by atoms with Crippen LogP contribution in [0.15, 0.2) is 24.3 Å². The number of carbonyl (C=O) groups excluding carboxylic acids is 2. The van der Waals surface area contributed by atoms with Crippen molar-refractivity contribution in [1.82, 2.24) is 10.6 Å². The Morgan fingerprint density at radius 2 is 2.05 bits per heavy atom. The highest BCUT2D eigenvalue weighted by Gasteiger charge is 2.26. The van der Waals surface area contributed by atoms with Crippen molar-refractivity contribution in [2.24, 2.45) is 0 Å². The van der Waals surface area contributed by atoms with Crippen LogP contribution in [0.2, 0.25) is 0 Å². The van der Waals surface area contributed by atoms with Crippen LogP contribution in [0.3, 0.4) is 0 Å². The molecule has 2 fully saturated rings. The van der Waals surface area contributed by atoms with Crippen LogP contribution in [0.1, 0.15) is 24.8 Å². The molecule has 2 aliphatic heterocycles. The summed E-state index contributed by atoms with van der Waals surface area (Å²) in [5.74, 6) is -0.140. The van der Waals surface area contributed by atoms with Gasteiger partial charge in [0.15, 0.2) is 0 Å². The molecule has 112 valence electrons. The summed E-state index contributed by atoms with van der Waals surface area (Å²) in [7, 11) is 0. The van der Waals surface area contributed by atoms with Gasteiger partial charge in [-0.1, -0.05) is 24.6 Å². The molecule has 1 unspecified atom stereocenters. The summed E-state index contributed by atoms with van der Waals surface area (Å²) in [6.07, 6.45) is 4.57. The van der Waals surface area contributed by atoms with E-state index < -0.39 is 0 Å². The van der Waals surface area contributed by atoms with Crippen molar-refractivity contribution in [2.45, 2.75) is 31.7 Å². The molecule has 1 atom stereocenters. The Kier molecular flexibility index (Phi) is 4.20. The number of carbonyl (C=O) groups is 2. The van der Waals surface area contributed by atoms with Crippen LogP contribution in [0.4, 0.5) is 5.69 Å². The minimum Gasteiger partial charge on any atom is -0.345 e. The SMILES string of the molecule is O=C1CN(c2ccccc2CC2CCCCN2)C(=O)CN1. The molecule has 0 spiro atoms. The molecule has 0 saturated carbocycles. The number of piperidine rings is 1. The van der Waals surface area contributed by atoms with Gasteiger partial charge in [-0.3, -0.25) is 9.59 Å². The van der Waals surface area contributed by atoms with E-state index in [4.69, 9.17) is 0 Å². The second kappa shape index (κ2) is 6.26. The van der Waals surface area contributed by atoms with Crippen molar-refractivity contribution >= 4 is 17.5 Å². The number of hydrogen-bond acceptors (Lipinski definition) is 3. The first kappa shape index (κ1) is 14.1. The number of rotatable bonds is 3. The molecule has 5 heteroatoms. The van der Waals surface area contributed by atoms with Gasteiger partial charge < -0.3 is 15.5 Å². The maximum Gasteiger partial charge on any atom is 0.246 e. The number of nitrogens with one attached hydrogen (secondary N) is 2. The Labute approximate surface area is 124 Å². The molecule has 2 heterocycles. The summed E-state index contributed by atoms with van der Waals surface area (Å²) in [6, 6.07) is 8.39. The normalized spacial score (nSPS) is 23.0. The summed E-state index contributed by atoms with van der Waals surface area (Å²) in [5.41, 5.74) is 2.02. The van der Waals surface area contributed by atoms with Crippen molar-refractivity contribution in [3.8, 4) is 0 Å². The molecule has 2 amide bonds. The van der Waals surface area contributed by atoms with Crippen molar-refractivity contribution < 1.29 is 9.59 Å². The van der Waals surface area contributed by atoms with Crippen LogP contribution in [0.25, 0.3) is 0 Å². The number of hydrogen-bond donors (Lipinski definition) is 2. The minimum atomic E-state index is -0.0970. The lowest BCUT2D eigenvalue weighted by atomic mass is 9.96. The van der Waals surface area contributed by atoms with Gasteiger partial charge in [0.05, 0.1) is 6.54 Å². The number of para-hydroxylation sites is 1. The summed E-state index contributed by atoms with van der Waals surface area (Å²) in [4.78, 5) is 25.3. The Bertz CT molecular complexity index is 538.